The van der Waals surface area contributed by atoms with Gasteiger partial charge in [0.15, 0.2) is 0 Å². The summed E-state index contributed by atoms with van der Waals surface area (Å²) in [6.45, 7) is 10.4. The lowest BCUT2D eigenvalue weighted by Gasteiger charge is -2.20. The summed E-state index contributed by atoms with van der Waals surface area (Å²) >= 11 is 0. The Labute approximate surface area is 100 Å². The predicted molar refractivity (Wildman–Crippen MR) is 69.5 cm³/mol. The first kappa shape index (κ1) is 15.4. The molecule has 0 aliphatic heterocycles. The lowest BCUT2D eigenvalue weighted by Crippen LogP contribution is -2.40. The van der Waals surface area contributed by atoms with Crippen molar-refractivity contribution >= 4 is 5.91 Å². The minimum Gasteiger partial charge on any atom is -0.354 e. The first-order valence-electron chi connectivity index (χ1n) is 6.51. The van der Waals surface area contributed by atoms with Crippen molar-refractivity contribution < 1.29 is 4.79 Å². The van der Waals surface area contributed by atoms with E-state index in [-0.39, 0.29) is 18.0 Å². The number of rotatable bonds is 8. The highest BCUT2D eigenvalue weighted by molar-refractivity contribution is 5.76. The van der Waals surface area contributed by atoms with Crippen LogP contribution in [0.1, 0.15) is 60.3 Å². The molecule has 1 amide bonds. The van der Waals surface area contributed by atoms with Crippen molar-refractivity contribution in [1.29, 1.82) is 0 Å². The van der Waals surface area contributed by atoms with Crippen LogP contribution in [0.25, 0.3) is 0 Å². The summed E-state index contributed by atoms with van der Waals surface area (Å²) in [5.74, 6) is 0.137. The van der Waals surface area contributed by atoms with Gasteiger partial charge >= 0.3 is 0 Å². The number of nitrogens with one attached hydrogen (secondary N) is 2. The average molecular weight is 228 g/mol. The van der Waals surface area contributed by atoms with Gasteiger partial charge in [-0.2, -0.15) is 0 Å². The second-order valence-electron chi connectivity index (χ2n) is 5.04. The van der Waals surface area contributed by atoms with Gasteiger partial charge in [0.05, 0.1) is 0 Å². The van der Waals surface area contributed by atoms with E-state index < -0.39 is 0 Å². The van der Waals surface area contributed by atoms with Crippen molar-refractivity contribution in [2.75, 3.05) is 0 Å². The summed E-state index contributed by atoms with van der Waals surface area (Å²) in [6.07, 6.45) is 4.23. The zero-order valence-electron chi connectivity index (χ0n) is 11.5. The van der Waals surface area contributed by atoms with Gasteiger partial charge in [-0.3, -0.25) is 4.79 Å². The lowest BCUT2D eigenvalue weighted by molar-refractivity contribution is -0.122. The van der Waals surface area contributed by atoms with E-state index in [0.717, 1.165) is 0 Å². The molecule has 2 unspecified atom stereocenters. The van der Waals surface area contributed by atoms with E-state index in [2.05, 4.69) is 31.4 Å². The second kappa shape index (κ2) is 8.57. The Hall–Kier alpha value is -0.570. The summed E-state index contributed by atoms with van der Waals surface area (Å²) in [7, 11) is 0. The van der Waals surface area contributed by atoms with Crippen LogP contribution in [0.5, 0.6) is 0 Å². The Bertz CT molecular complexity index is 192. The Balaban J connectivity index is 3.71. The van der Waals surface area contributed by atoms with Gasteiger partial charge in [-0.1, -0.05) is 19.8 Å². The van der Waals surface area contributed by atoms with Gasteiger partial charge in [-0.15, -0.1) is 0 Å². The number of unbranched alkanes of at least 4 members (excludes halogenated alkanes) is 1. The SMILES string of the molecule is CCCCC(C)NC(C)CC(=O)NC(C)C. The van der Waals surface area contributed by atoms with Gasteiger partial charge in [-0.25, -0.2) is 0 Å². The standard InChI is InChI=1S/C13H28N2O/c1-6-7-8-11(4)15-12(5)9-13(16)14-10(2)3/h10-12,15H,6-9H2,1-5H3,(H,14,16). The van der Waals surface area contributed by atoms with Crippen molar-refractivity contribution in [3.63, 3.8) is 0 Å². The fourth-order valence-electron chi connectivity index (χ4n) is 1.80. The van der Waals surface area contributed by atoms with Crippen LogP contribution in [-0.2, 0) is 4.79 Å². The van der Waals surface area contributed by atoms with Crippen LogP contribution in [0.15, 0.2) is 0 Å². The molecule has 0 aromatic heterocycles. The molecule has 0 radical (unpaired) electrons. The third kappa shape index (κ3) is 8.72. The molecule has 96 valence electrons. The van der Waals surface area contributed by atoms with Crippen molar-refractivity contribution in [1.82, 2.24) is 10.6 Å². The highest BCUT2D eigenvalue weighted by atomic mass is 16.1. The number of hydrogen-bond acceptors (Lipinski definition) is 2. The minimum absolute atomic E-state index is 0.137. The average Bonchev–Trinajstić information content (AvgIpc) is 2.12. The van der Waals surface area contributed by atoms with Crippen molar-refractivity contribution in [2.45, 2.75) is 78.4 Å². The molecule has 0 aliphatic rings. The third-order valence-electron chi connectivity index (χ3n) is 2.50. The molecule has 0 saturated carbocycles. The molecule has 0 bridgehead atoms. The Kier molecular flexibility index (Phi) is 8.26. The maximum absolute atomic E-state index is 11.5. The van der Waals surface area contributed by atoms with Crippen molar-refractivity contribution in [3.8, 4) is 0 Å². The number of carbonyl (C=O) groups is 1. The van der Waals surface area contributed by atoms with Crippen LogP contribution in [0.4, 0.5) is 0 Å². The van der Waals surface area contributed by atoms with Crippen LogP contribution in [0.2, 0.25) is 0 Å². The molecule has 0 aromatic carbocycles. The number of hydrogen-bond donors (Lipinski definition) is 2. The van der Waals surface area contributed by atoms with Crippen molar-refractivity contribution in [3.05, 3.63) is 0 Å². The molecule has 0 heterocycles. The van der Waals surface area contributed by atoms with Crippen LogP contribution < -0.4 is 10.6 Å². The first-order valence-corrected chi connectivity index (χ1v) is 6.51. The highest BCUT2D eigenvalue weighted by Crippen LogP contribution is 2.02. The molecule has 0 fully saturated rings. The summed E-state index contributed by atoms with van der Waals surface area (Å²) in [6, 6.07) is 0.990. The Morgan fingerprint density at radius 3 is 2.25 bits per heavy atom. The predicted octanol–water partition coefficient (Wildman–Crippen LogP) is 2.46. The highest BCUT2D eigenvalue weighted by Gasteiger charge is 2.11. The van der Waals surface area contributed by atoms with Gasteiger partial charge in [0.25, 0.3) is 0 Å². The number of amides is 1. The molecule has 0 aliphatic carbocycles. The van der Waals surface area contributed by atoms with Crippen LogP contribution in [-0.4, -0.2) is 24.0 Å². The quantitative estimate of drug-likeness (QED) is 0.670. The van der Waals surface area contributed by atoms with E-state index in [0.29, 0.717) is 12.5 Å². The zero-order chi connectivity index (χ0) is 12.6. The van der Waals surface area contributed by atoms with E-state index in [1.165, 1.54) is 19.3 Å². The normalized spacial score (nSPS) is 14.9. The fourth-order valence-corrected chi connectivity index (χ4v) is 1.80. The maximum atomic E-state index is 11.5. The smallest absolute Gasteiger partial charge is 0.221 e. The molecule has 3 nitrogen and oxygen atoms in total. The van der Waals surface area contributed by atoms with Gasteiger partial charge < -0.3 is 10.6 Å². The third-order valence-corrected chi connectivity index (χ3v) is 2.50. The molecule has 2 atom stereocenters. The van der Waals surface area contributed by atoms with Gasteiger partial charge in [0.1, 0.15) is 0 Å². The molecule has 16 heavy (non-hydrogen) atoms. The van der Waals surface area contributed by atoms with Gasteiger partial charge in [0, 0.05) is 24.5 Å². The summed E-state index contributed by atoms with van der Waals surface area (Å²) in [5, 5.41) is 6.37. The van der Waals surface area contributed by atoms with E-state index in [9.17, 15) is 4.79 Å². The van der Waals surface area contributed by atoms with E-state index in [4.69, 9.17) is 0 Å². The molecule has 0 aromatic rings. The van der Waals surface area contributed by atoms with Crippen LogP contribution in [0.3, 0.4) is 0 Å². The van der Waals surface area contributed by atoms with E-state index in [1.54, 1.807) is 0 Å². The van der Waals surface area contributed by atoms with Crippen molar-refractivity contribution in [2.24, 2.45) is 0 Å². The molecule has 0 saturated heterocycles. The largest absolute Gasteiger partial charge is 0.354 e. The van der Waals surface area contributed by atoms with E-state index >= 15 is 0 Å². The first-order chi connectivity index (χ1) is 7.45. The lowest BCUT2D eigenvalue weighted by atomic mass is 10.1. The summed E-state index contributed by atoms with van der Waals surface area (Å²) < 4.78 is 0. The second-order valence-corrected chi connectivity index (χ2v) is 5.04. The van der Waals surface area contributed by atoms with Crippen LogP contribution >= 0.6 is 0 Å². The topological polar surface area (TPSA) is 41.1 Å². The summed E-state index contributed by atoms with van der Waals surface area (Å²) in [5.41, 5.74) is 0. The fraction of sp³-hybridized carbons (Fsp3) is 0.923. The monoisotopic (exact) mass is 228 g/mol. The molecule has 3 heteroatoms. The van der Waals surface area contributed by atoms with E-state index in [1.807, 2.05) is 13.8 Å². The molecule has 0 rings (SSSR count). The number of carbonyl (C=O) groups excluding carboxylic acids is 1. The zero-order valence-corrected chi connectivity index (χ0v) is 11.5. The Morgan fingerprint density at radius 2 is 1.75 bits per heavy atom. The molecule has 2 N–H and O–H groups in total. The Morgan fingerprint density at radius 1 is 1.12 bits per heavy atom. The summed E-state index contributed by atoms with van der Waals surface area (Å²) in [4.78, 5) is 11.5. The van der Waals surface area contributed by atoms with Gasteiger partial charge in [-0.05, 0) is 34.1 Å². The molecular formula is C13H28N2O. The molecule has 0 spiro atoms. The van der Waals surface area contributed by atoms with Gasteiger partial charge in [0.2, 0.25) is 5.91 Å². The van der Waals surface area contributed by atoms with Crippen LogP contribution in [0, 0.1) is 0 Å². The molecular weight excluding hydrogens is 200 g/mol. The maximum Gasteiger partial charge on any atom is 0.221 e. The minimum atomic E-state index is 0.137.